The monoisotopic (exact) mass is 373 g/mol. The van der Waals surface area contributed by atoms with Crippen LogP contribution in [-0.4, -0.2) is 48.9 Å². The molecule has 0 aromatic heterocycles. The van der Waals surface area contributed by atoms with Gasteiger partial charge in [0.1, 0.15) is 0 Å². The van der Waals surface area contributed by atoms with Gasteiger partial charge in [-0.25, -0.2) is 0 Å². The highest BCUT2D eigenvalue weighted by Gasteiger charge is 2.26. The highest BCUT2D eigenvalue weighted by Crippen LogP contribution is 2.26. The number of nitrogens with one attached hydrogen (secondary N) is 1. The molecule has 0 bridgehead atoms. The average molecular weight is 374 g/mol. The fourth-order valence-corrected chi connectivity index (χ4v) is 3.38. The third-order valence-electron chi connectivity index (χ3n) is 5.12. The smallest absolute Gasteiger partial charge is 0.255 e. The lowest BCUT2D eigenvalue weighted by Gasteiger charge is -2.35. The maximum Gasteiger partial charge on any atom is 0.255 e. The quantitative estimate of drug-likeness (QED) is 0.856. The molecule has 1 heterocycles. The van der Waals surface area contributed by atoms with Crippen LogP contribution in [-0.2, 0) is 4.79 Å². The zero-order valence-corrected chi connectivity index (χ0v) is 17.7. The van der Waals surface area contributed by atoms with Gasteiger partial charge in [0, 0.05) is 44.3 Å². The molecular formula is C22H35N3O2. The van der Waals surface area contributed by atoms with E-state index in [2.05, 4.69) is 31.0 Å². The highest BCUT2D eigenvalue weighted by atomic mass is 16.2. The van der Waals surface area contributed by atoms with E-state index in [4.69, 9.17) is 0 Å². The molecule has 27 heavy (non-hydrogen) atoms. The van der Waals surface area contributed by atoms with E-state index in [1.807, 2.05) is 45.2 Å². The average Bonchev–Trinajstić information content (AvgIpc) is 2.59. The lowest BCUT2D eigenvalue weighted by molar-refractivity contribution is -0.123. The normalized spacial score (nSPS) is 15.7. The number of amides is 2. The van der Waals surface area contributed by atoms with Crippen LogP contribution in [0.4, 0.5) is 5.69 Å². The molecular weight excluding hydrogens is 338 g/mol. The third-order valence-corrected chi connectivity index (χ3v) is 5.12. The van der Waals surface area contributed by atoms with Crippen molar-refractivity contribution in [1.29, 1.82) is 0 Å². The van der Waals surface area contributed by atoms with E-state index in [0.717, 1.165) is 37.2 Å². The zero-order chi connectivity index (χ0) is 20.2. The number of rotatable bonds is 5. The summed E-state index contributed by atoms with van der Waals surface area (Å²) in [6.07, 6.45) is 2.35. The number of hydrogen-bond donors (Lipinski definition) is 1. The Morgan fingerprint density at radius 3 is 2.33 bits per heavy atom. The molecule has 2 amide bonds. The summed E-state index contributed by atoms with van der Waals surface area (Å²) >= 11 is 0. The summed E-state index contributed by atoms with van der Waals surface area (Å²) in [4.78, 5) is 29.1. The van der Waals surface area contributed by atoms with Gasteiger partial charge in [-0.2, -0.15) is 0 Å². The van der Waals surface area contributed by atoms with Crippen LogP contribution >= 0.6 is 0 Å². The van der Waals surface area contributed by atoms with Crippen molar-refractivity contribution in [3.63, 3.8) is 0 Å². The van der Waals surface area contributed by atoms with E-state index in [1.54, 1.807) is 4.90 Å². The van der Waals surface area contributed by atoms with Gasteiger partial charge < -0.3 is 15.1 Å². The van der Waals surface area contributed by atoms with E-state index in [9.17, 15) is 9.59 Å². The van der Waals surface area contributed by atoms with Crippen LogP contribution in [0.2, 0.25) is 0 Å². The number of carbonyl (C=O) groups is 2. The number of piperidine rings is 1. The standard InChI is InChI=1S/C22H35N3O2/c1-16(2)24(6)21(27)18-9-7-8-10-19(18)25-13-11-17(12-14-25)23-20(26)15-22(3,4)5/h7-10,16-17H,11-15H2,1-6H3,(H,23,26). The minimum atomic E-state index is 0.00648. The first kappa shape index (κ1) is 21.3. The fourth-order valence-electron chi connectivity index (χ4n) is 3.38. The molecule has 0 radical (unpaired) electrons. The number of nitrogens with zero attached hydrogens (tertiary/aromatic N) is 2. The predicted molar refractivity (Wildman–Crippen MR) is 111 cm³/mol. The summed E-state index contributed by atoms with van der Waals surface area (Å²) < 4.78 is 0. The van der Waals surface area contributed by atoms with Gasteiger partial charge in [-0.1, -0.05) is 32.9 Å². The molecule has 150 valence electrons. The van der Waals surface area contributed by atoms with E-state index >= 15 is 0 Å². The zero-order valence-electron chi connectivity index (χ0n) is 17.7. The summed E-state index contributed by atoms with van der Waals surface area (Å²) in [6, 6.07) is 8.23. The van der Waals surface area contributed by atoms with Crippen LogP contribution in [0, 0.1) is 5.41 Å². The number of anilines is 1. The van der Waals surface area contributed by atoms with Crippen molar-refractivity contribution < 1.29 is 9.59 Å². The Bertz CT molecular complexity index is 656. The van der Waals surface area contributed by atoms with Gasteiger partial charge in [0.2, 0.25) is 5.91 Å². The molecule has 0 atom stereocenters. The maximum atomic E-state index is 12.8. The number of para-hydroxylation sites is 1. The maximum absolute atomic E-state index is 12.8. The molecule has 1 N–H and O–H groups in total. The Balaban J connectivity index is 2.00. The minimum Gasteiger partial charge on any atom is -0.371 e. The Labute approximate surface area is 164 Å². The minimum absolute atomic E-state index is 0.00648. The summed E-state index contributed by atoms with van der Waals surface area (Å²) in [5, 5.41) is 3.18. The summed E-state index contributed by atoms with van der Waals surface area (Å²) in [7, 11) is 1.85. The number of hydrogen-bond acceptors (Lipinski definition) is 3. The first-order chi connectivity index (χ1) is 12.6. The molecule has 1 saturated heterocycles. The lowest BCUT2D eigenvalue weighted by Crippen LogP contribution is -2.46. The second-order valence-electron chi connectivity index (χ2n) is 9.09. The largest absolute Gasteiger partial charge is 0.371 e. The van der Waals surface area contributed by atoms with E-state index in [-0.39, 0.29) is 29.3 Å². The molecule has 1 aliphatic heterocycles. The Kier molecular flexibility index (Phi) is 6.90. The Morgan fingerprint density at radius 1 is 1.19 bits per heavy atom. The van der Waals surface area contributed by atoms with Gasteiger partial charge in [-0.3, -0.25) is 9.59 Å². The number of carbonyl (C=O) groups excluding carboxylic acids is 2. The van der Waals surface area contributed by atoms with Crippen molar-refractivity contribution in [3.8, 4) is 0 Å². The first-order valence-corrected chi connectivity index (χ1v) is 9.99. The lowest BCUT2D eigenvalue weighted by atomic mass is 9.91. The molecule has 2 rings (SSSR count). The van der Waals surface area contributed by atoms with Crippen LogP contribution in [0.5, 0.6) is 0 Å². The molecule has 0 aliphatic carbocycles. The fraction of sp³-hybridized carbons (Fsp3) is 0.636. The van der Waals surface area contributed by atoms with Crippen molar-refractivity contribution in [2.45, 2.75) is 66.0 Å². The topological polar surface area (TPSA) is 52.7 Å². The first-order valence-electron chi connectivity index (χ1n) is 9.99. The van der Waals surface area contributed by atoms with E-state index in [1.165, 1.54) is 0 Å². The van der Waals surface area contributed by atoms with Gasteiger partial charge in [0.05, 0.1) is 5.56 Å². The van der Waals surface area contributed by atoms with Crippen molar-refractivity contribution in [1.82, 2.24) is 10.2 Å². The molecule has 0 spiro atoms. The van der Waals surface area contributed by atoms with Crippen molar-refractivity contribution in [2.24, 2.45) is 5.41 Å². The summed E-state index contributed by atoms with van der Waals surface area (Å²) in [6.45, 7) is 12.0. The molecule has 1 aromatic rings. The molecule has 5 heteroatoms. The van der Waals surface area contributed by atoms with Gasteiger partial charge in [0.15, 0.2) is 0 Å². The van der Waals surface area contributed by atoms with Crippen molar-refractivity contribution in [2.75, 3.05) is 25.0 Å². The second kappa shape index (κ2) is 8.77. The molecule has 1 aliphatic rings. The van der Waals surface area contributed by atoms with Gasteiger partial charge >= 0.3 is 0 Å². The molecule has 0 unspecified atom stereocenters. The van der Waals surface area contributed by atoms with Crippen molar-refractivity contribution in [3.05, 3.63) is 29.8 Å². The third kappa shape index (κ3) is 5.98. The van der Waals surface area contributed by atoms with Crippen LogP contribution in [0.25, 0.3) is 0 Å². The number of benzene rings is 1. The SMILES string of the molecule is CC(C)N(C)C(=O)c1ccccc1N1CCC(NC(=O)CC(C)(C)C)CC1. The van der Waals surface area contributed by atoms with Gasteiger partial charge in [0.25, 0.3) is 5.91 Å². The van der Waals surface area contributed by atoms with E-state index in [0.29, 0.717) is 6.42 Å². The summed E-state index contributed by atoms with van der Waals surface area (Å²) in [5.74, 6) is 0.191. The van der Waals surface area contributed by atoms with Crippen molar-refractivity contribution >= 4 is 17.5 Å². The molecule has 1 aromatic carbocycles. The summed E-state index contributed by atoms with van der Waals surface area (Å²) in [5.41, 5.74) is 1.75. The molecule has 0 saturated carbocycles. The van der Waals surface area contributed by atoms with Gasteiger partial charge in [-0.05, 0) is 44.2 Å². The van der Waals surface area contributed by atoms with Crippen LogP contribution in [0.15, 0.2) is 24.3 Å². The Hall–Kier alpha value is -2.04. The second-order valence-corrected chi connectivity index (χ2v) is 9.09. The van der Waals surface area contributed by atoms with E-state index < -0.39 is 0 Å². The highest BCUT2D eigenvalue weighted by molar-refractivity contribution is 5.99. The van der Waals surface area contributed by atoms with Crippen LogP contribution < -0.4 is 10.2 Å². The van der Waals surface area contributed by atoms with Crippen LogP contribution in [0.3, 0.4) is 0 Å². The molecule has 1 fully saturated rings. The Morgan fingerprint density at radius 2 is 1.78 bits per heavy atom. The van der Waals surface area contributed by atoms with Crippen LogP contribution in [0.1, 0.15) is 64.2 Å². The molecule has 5 nitrogen and oxygen atoms in total. The predicted octanol–water partition coefficient (Wildman–Crippen LogP) is 3.69. The van der Waals surface area contributed by atoms with Gasteiger partial charge in [-0.15, -0.1) is 0 Å².